The lowest BCUT2D eigenvalue weighted by molar-refractivity contribution is -0.127. The largest absolute Gasteiger partial charge is 0.473 e. The Bertz CT molecular complexity index is 981. The molecule has 0 aromatic carbocycles. The highest BCUT2D eigenvalue weighted by molar-refractivity contribution is 6.04. The first kappa shape index (κ1) is 21.3. The van der Waals surface area contributed by atoms with E-state index in [1.807, 2.05) is 0 Å². The number of nitrogens with zero attached hydrogens (tertiary/aromatic N) is 3. The third kappa shape index (κ3) is 4.71. The van der Waals surface area contributed by atoms with Crippen LogP contribution < -0.4 is 10.1 Å². The Kier molecular flexibility index (Phi) is 5.95. The molecule has 1 saturated carbocycles. The van der Waals surface area contributed by atoms with Crippen molar-refractivity contribution in [2.24, 2.45) is 5.92 Å². The molecule has 31 heavy (non-hydrogen) atoms. The molecule has 0 spiro atoms. The molecule has 9 nitrogen and oxygen atoms in total. The normalized spacial score (nSPS) is 24.3. The molecule has 3 heterocycles. The number of ether oxygens (including phenoxy) is 1. The highest BCUT2D eigenvalue weighted by atomic mass is 16.5. The second-order valence-electron chi connectivity index (χ2n) is 8.71. The van der Waals surface area contributed by atoms with Crippen LogP contribution in [0.1, 0.15) is 49.4 Å². The number of aliphatic hydroxyl groups is 1. The maximum absolute atomic E-state index is 12.7. The van der Waals surface area contributed by atoms with Crippen LogP contribution in [-0.2, 0) is 4.79 Å². The zero-order valence-corrected chi connectivity index (χ0v) is 17.8. The standard InChI is InChI=1S/C22H29N5O4/c1-3-18(28)27-8-5-15(6-9-27)31-17-12-24-20-19(26-17)16(11-23-20)21(29)25-13-22(30)7-4-14(2)10-22/h3,11-12,14-15,30H,1,4-10,13H2,2H3,(H,23,24)(H,25,29). The van der Waals surface area contributed by atoms with E-state index in [9.17, 15) is 14.7 Å². The Hall–Kier alpha value is -2.94. The third-order valence-corrected chi connectivity index (χ3v) is 6.23. The number of hydrogen-bond acceptors (Lipinski definition) is 6. The fourth-order valence-corrected chi connectivity index (χ4v) is 4.47. The van der Waals surface area contributed by atoms with Gasteiger partial charge in [0.2, 0.25) is 11.8 Å². The summed E-state index contributed by atoms with van der Waals surface area (Å²) in [6, 6.07) is 0. The van der Waals surface area contributed by atoms with Gasteiger partial charge in [0.15, 0.2) is 5.65 Å². The Morgan fingerprint density at radius 1 is 1.42 bits per heavy atom. The topological polar surface area (TPSA) is 120 Å². The second kappa shape index (κ2) is 8.66. The van der Waals surface area contributed by atoms with Gasteiger partial charge < -0.3 is 25.0 Å². The smallest absolute Gasteiger partial charge is 0.255 e. The molecule has 0 bridgehead atoms. The van der Waals surface area contributed by atoms with Gasteiger partial charge in [-0.15, -0.1) is 0 Å². The fraction of sp³-hybridized carbons (Fsp3) is 0.545. The summed E-state index contributed by atoms with van der Waals surface area (Å²) in [6.07, 6.45) is 8.09. The van der Waals surface area contributed by atoms with Gasteiger partial charge in [0.1, 0.15) is 11.6 Å². The molecule has 1 saturated heterocycles. The van der Waals surface area contributed by atoms with Gasteiger partial charge in [0.05, 0.1) is 17.4 Å². The number of carbonyl (C=O) groups is 2. The van der Waals surface area contributed by atoms with Crippen LogP contribution in [0.15, 0.2) is 25.0 Å². The Labute approximate surface area is 180 Å². The molecule has 4 rings (SSSR count). The zero-order valence-electron chi connectivity index (χ0n) is 17.8. The lowest BCUT2D eigenvalue weighted by Gasteiger charge is -2.31. The summed E-state index contributed by atoms with van der Waals surface area (Å²) in [4.78, 5) is 38.0. The van der Waals surface area contributed by atoms with E-state index in [1.54, 1.807) is 11.1 Å². The van der Waals surface area contributed by atoms with Crippen molar-refractivity contribution >= 4 is 23.0 Å². The van der Waals surface area contributed by atoms with E-state index in [0.29, 0.717) is 67.3 Å². The summed E-state index contributed by atoms with van der Waals surface area (Å²) in [5.41, 5.74) is 0.454. The first-order valence-corrected chi connectivity index (χ1v) is 10.8. The van der Waals surface area contributed by atoms with Gasteiger partial charge in [-0.2, -0.15) is 0 Å². The molecule has 1 aliphatic heterocycles. The number of aromatic nitrogens is 3. The van der Waals surface area contributed by atoms with Gasteiger partial charge in [0, 0.05) is 38.7 Å². The van der Waals surface area contributed by atoms with Crippen molar-refractivity contribution in [3.63, 3.8) is 0 Å². The third-order valence-electron chi connectivity index (χ3n) is 6.23. The number of H-pyrrole nitrogens is 1. The molecule has 2 unspecified atom stereocenters. The van der Waals surface area contributed by atoms with E-state index in [2.05, 4.69) is 33.8 Å². The highest BCUT2D eigenvalue weighted by Crippen LogP contribution is 2.33. The first-order chi connectivity index (χ1) is 14.9. The van der Waals surface area contributed by atoms with Crippen molar-refractivity contribution in [2.75, 3.05) is 19.6 Å². The molecular formula is C22H29N5O4. The lowest BCUT2D eigenvalue weighted by atomic mass is 10.0. The van der Waals surface area contributed by atoms with Crippen molar-refractivity contribution in [3.05, 3.63) is 30.6 Å². The summed E-state index contributed by atoms with van der Waals surface area (Å²) < 4.78 is 5.98. The van der Waals surface area contributed by atoms with Gasteiger partial charge in [0.25, 0.3) is 5.91 Å². The van der Waals surface area contributed by atoms with Gasteiger partial charge in [-0.25, -0.2) is 9.97 Å². The van der Waals surface area contributed by atoms with E-state index in [4.69, 9.17) is 4.74 Å². The number of nitrogens with one attached hydrogen (secondary N) is 2. The van der Waals surface area contributed by atoms with Gasteiger partial charge in [-0.3, -0.25) is 9.59 Å². The molecule has 2 aromatic rings. The van der Waals surface area contributed by atoms with Gasteiger partial charge in [-0.05, 0) is 31.3 Å². The van der Waals surface area contributed by atoms with Gasteiger partial charge >= 0.3 is 0 Å². The van der Waals surface area contributed by atoms with E-state index in [-0.39, 0.29) is 24.5 Å². The maximum Gasteiger partial charge on any atom is 0.255 e. The number of rotatable bonds is 6. The van der Waals surface area contributed by atoms with Crippen LogP contribution in [0.2, 0.25) is 0 Å². The van der Waals surface area contributed by atoms with Crippen LogP contribution in [-0.4, -0.2) is 68.1 Å². The van der Waals surface area contributed by atoms with Crippen molar-refractivity contribution in [1.29, 1.82) is 0 Å². The number of amides is 2. The number of piperidine rings is 1. The maximum atomic E-state index is 12.7. The highest BCUT2D eigenvalue weighted by Gasteiger charge is 2.35. The van der Waals surface area contributed by atoms with Crippen molar-refractivity contribution in [2.45, 2.75) is 50.7 Å². The Balaban J connectivity index is 1.40. The van der Waals surface area contributed by atoms with Crippen LogP contribution in [0.25, 0.3) is 11.2 Å². The van der Waals surface area contributed by atoms with Crippen LogP contribution in [0.5, 0.6) is 5.88 Å². The minimum Gasteiger partial charge on any atom is -0.473 e. The summed E-state index contributed by atoms with van der Waals surface area (Å²) in [6.45, 7) is 7.05. The van der Waals surface area contributed by atoms with Gasteiger partial charge in [-0.1, -0.05) is 13.5 Å². The molecule has 2 aliphatic rings. The number of likely N-dealkylation sites (tertiary alicyclic amines) is 1. The van der Waals surface area contributed by atoms with Crippen LogP contribution in [0, 0.1) is 5.92 Å². The van der Waals surface area contributed by atoms with Crippen LogP contribution >= 0.6 is 0 Å². The predicted octanol–water partition coefficient (Wildman–Crippen LogP) is 1.79. The molecule has 2 fully saturated rings. The molecule has 3 N–H and O–H groups in total. The summed E-state index contributed by atoms with van der Waals surface area (Å²) in [5, 5.41) is 13.5. The molecule has 9 heteroatoms. The molecule has 1 aliphatic carbocycles. The number of fused-ring (bicyclic) bond motifs is 1. The number of carbonyl (C=O) groups excluding carboxylic acids is 2. The average molecular weight is 428 g/mol. The monoisotopic (exact) mass is 427 g/mol. The zero-order chi connectivity index (χ0) is 22.0. The van der Waals surface area contributed by atoms with Crippen LogP contribution in [0.4, 0.5) is 0 Å². The minimum atomic E-state index is -0.844. The first-order valence-electron chi connectivity index (χ1n) is 10.8. The van der Waals surface area contributed by atoms with E-state index in [0.717, 1.165) is 6.42 Å². The SMILES string of the molecule is C=CC(=O)N1CCC(Oc2cnc3[nH]cc(C(=O)NCC4(O)CCC(C)C4)c3n2)CC1. The molecule has 2 atom stereocenters. The summed E-state index contributed by atoms with van der Waals surface area (Å²) in [7, 11) is 0. The van der Waals surface area contributed by atoms with Crippen molar-refractivity contribution < 1.29 is 19.4 Å². The summed E-state index contributed by atoms with van der Waals surface area (Å²) >= 11 is 0. The Morgan fingerprint density at radius 2 is 2.19 bits per heavy atom. The second-order valence-corrected chi connectivity index (χ2v) is 8.71. The predicted molar refractivity (Wildman–Crippen MR) is 115 cm³/mol. The van der Waals surface area contributed by atoms with Crippen molar-refractivity contribution in [3.8, 4) is 5.88 Å². The van der Waals surface area contributed by atoms with Crippen LogP contribution in [0.3, 0.4) is 0 Å². The lowest BCUT2D eigenvalue weighted by Crippen LogP contribution is -2.41. The average Bonchev–Trinajstić information content (AvgIpc) is 3.35. The van der Waals surface area contributed by atoms with E-state index < -0.39 is 5.60 Å². The molecule has 0 radical (unpaired) electrons. The summed E-state index contributed by atoms with van der Waals surface area (Å²) in [5.74, 6) is 0.432. The number of hydrogen-bond donors (Lipinski definition) is 3. The molecule has 166 valence electrons. The minimum absolute atomic E-state index is 0.0700. The number of aromatic amines is 1. The molecular weight excluding hydrogens is 398 g/mol. The fourth-order valence-electron chi connectivity index (χ4n) is 4.47. The van der Waals surface area contributed by atoms with Crippen molar-refractivity contribution in [1.82, 2.24) is 25.2 Å². The van der Waals surface area contributed by atoms with E-state index >= 15 is 0 Å². The quantitative estimate of drug-likeness (QED) is 0.605. The molecule has 2 amide bonds. The van der Waals surface area contributed by atoms with E-state index in [1.165, 1.54) is 12.3 Å². The molecule has 2 aromatic heterocycles. The Morgan fingerprint density at radius 3 is 2.87 bits per heavy atom.